The molecule has 0 saturated heterocycles. The van der Waals surface area contributed by atoms with Crippen molar-refractivity contribution in [3.63, 3.8) is 0 Å². The van der Waals surface area contributed by atoms with Gasteiger partial charge >= 0.3 is 102 Å². The van der Waals surface area contributed by atoms with Crippen molar-refractivity contribution in [2.75, 3.05) is 6.61 Å². The molecule has 0 bridgehead atoms. The van der Waals surface area contributed by atoms with Crippen molar-refractivity contribution >= 4 is 38.0 Å². The van der Waals surface area contributed by atoms with Gasteiger partial charge in [-0.05, 0) is 12.1 Å². The molecule has 3 nitrogen and oxygen atoms in total. The van der Waals surface area contributed by atoms with E-state index in [2.05, 4.69) is 17.7 Å². The first-order chi connectivity index (χ1) is 15.6. The minimum absolute atomic E-state index is 0.00275. The first-order valence-corrected chi connectivity index (χ1v) is 16.0. The Labute approximate surface area is 217 Å². The zero-order valence-corrected chi connectivity index (χ0v) is 23.8. The Kier molecular flexibility index (Phi) is 23.9. The van der Waals surface area contributed by atoms with E-state index in [0.717, 1.165) is 0 Å². The van der Waals surface area contributed by atoms with Gasteiger partial charge in [-0.1, -0.05) is 63.3 Å². The Morgan fingerprint density at radius 3 is 1.53 bits per heavy atom. The molecule has 0 aliphatic rings. The normalized spacial score (nSPS) is 11.1. The summed E-state index contributed by atoms with van der Waals surface area (Å²) in [5.41, 5.74) is 0. The summed E-state index contributed by atoms with van der Waals surface area (Å²) in [4.78, 5) is 0.164. The van der Waals surface area contributed by atoms with Gasteiger partial charge in [0.1, 0.15) is 0 Å². The monoisotopic (exact) mass is 474 g/mol. The molecule has 0 amide bonds. The third-order valence-corrected chi connectivity index (χ3v) is 7.58. The molecule has 0 spiro atoms. The molecule has 0 radical (unpaired) electrons. The van der Waals surface area contributed by atoms with Gasteiger partial charge in [0, 0.05) is 0 Å². The van der Waals surface area contributed by atoms with E-state index >= 15 is 0 Å². The van der Waals surface area contributed by atoms with Gasteiger partial charge in [0.2, 0.25) is 0 Å². The molecule has 1 rings (SSSR count). The Morgan fingerprint density at radius 2 is 1.16 bits per heavy atom. The second-order valence-electron chi connectivity index (χ2n) is 8.64. The van der Waals surface area contributed by atoms with Crippen molar-refractivity contribution in [3.8, 4) is 0 Å². The molecule has 0 fully saturated rings. The summed E-state index contributed by atoms with van der Waals surface area (Å²) in [6.07, 6.45) is 25.1. The zero-order valence-electron chi connectivity index (χ0n) is 21.0. The van der Waals surface area contributed by atoms with Crippen molar-refractivity contribution in [1.82, 2.24) is 0 Å². The first kappa shape index (κ1) is 31.9. The van der Waals surface area contributed by atoms with E-state index in [1.807, 2.05) is 0 Å². The van der Waals surface area contributed by atoms with E-state index in [0.29, 0.717) is 0 Å². The quantitative estimate of drug-likeness (QED) is 0.0824. The second-order valence-corrected chi connectivity index (χ2v) is 11.3. The molecular formula is C27H47NaO3S. The van der Waals surface area contributed by atoms with Gasteiger partial charge in [0.25, 0.3) is 10.1 Å². The fourth-order valence-electron chi connectivity index (χ4n) is 3.59. The Balaban J connectivity index is 0.000000641. The molecule has 0 saturated carbocycles. The molecule has 32 heavy (non-hydrogen) atoms. The molecular weight excluding hydrogens is 427 g/mol. The summed E-state index contributed by atoms with van der Waals surface area (Å²) in [6.45, 7) is 5.66. The average molecular weight is 475 g/mol. The van der Waals surface area contributed by atoms with Gasteiger partial charge in [0.15, 0.2) is 0 Å². The van der Waals surface area contributed by atoms with Gasteiger partial charge in [-0.3, -0.25) is 4.18 Å². The van der Waals surface area contributed by atoms with Crippen molar-refractivity contribution in [3.05, 3.63) is 43.0 Å². The minimum atomic E-state index is -3.59. The number of hydrogen-bond donors (Lipinski definition) is 0. The van der Waals surface area contributed by atoms with Crippen LogP contribution in [0.5, 0.6) is 0 Å². The second kappa shape index (κ2) is 24.0. The molecule has 0 aromatic heterocycles. The van der Waals surface area contributed by atoms with Crippen molar-refractivity contribution < 1.29 is 12.6 Å². The maximum absolute atomic E-state index is 11.3. The topological polar surface area (TPSA) is 43.4 Å². The van der Waals surface area contributed by atoms with Crippen molar-refractivity contribution in [1.29, 1.82) is 0 Å². The molecule has 180 valence electrons. The summed E-state index contributed by atoms with van der Waals surface area (Å²) in [7, 11) is -3.59. The van der Waals surface area contributed by atoms with Gasteiger partial charge in [0.05, 0.1) is 11.5 Å². The number of unbranched alkanes of at least 4 members (excludes halogenated alkanes) is 15. The molecule has 1 aromatic rings. The predicted octanol–water partition coefficient (Wildman–Crippen LogP) is 8.41. The summed E-state index contributed by atoms with van der Waals surface area (Å²) in [5.74, 6) is 0. The number of rotatable bonds is 20. The standard InChI is InChI=1S/C18H37.C9H10O3S.Na/c1-3-5-7-9-11-13-15-17-18-16-14-12-10-8-6-4-2;1-2-8-12-13(10,11)9-6-4-3-5-7-9;/h1,3-18H2,2H3;2-7H,1,8H2;. The Bertz CT molecular complexity index is 601. The SMILES string of the molecule is C=CCOS(=O)(=O)c1ccccc1.CCCCCCCCCCCCCCCCC[CH2][Na]. The Hall–Kier alpha value is -0.130. The third kappa shape index (κ3) is 20.5. The van der Waals surface area contributed by atoms with Gasteiger partial charge < -0.3 is 0 Å². The van der Waals surface area contributed by atoms with Crippen molar-refractivity contribution in [2.45, 2.75) is 118 Å². The van der Waals surface area contributed by atoms with Gasteiger partial charge in [-0.25, -0.2) is 0 Å². The summed E-state index contributed by atoms with van der Waals surface area (Å²) < 4.78 is 28.8. The molecule has 5 heteroatoms. The summed E-state index contributed by atoms with van der Waals surface area (Å²) in [6, 6.07) is 8.00. The maximum atomic E-state index is 11.3. The van der Waals surface area contributed by atoms with Gasteiger partial charge in [-0.2, -0.15) is 8.42 Å². The summed E-state index contributed by atoms with van der Waals surface area (Å²) >= 11 is 1.41. The van der Waals surface area contributed by atoms with Crippen LogP contribution in [0, 0.1) is 0 Å². The van der Waals surface area contributed by atoms with Crippen LogP contribution in [0.2, 0.25) is 3.67 Å². The van der Waals surface area contributed by atoms with E-state index in [-0.39, 0.29) is 11.5 Å². The van der Waals surface area contributed by atoms with E-state index in [9.17, 15) is 8.42 Å². The van der Waals surface area contributed by atoms with Crippen LogP contribution in [0.3, 0.4) is 0 Å². The van der Waals surface area contributed by atoms with E-state index in [1.54, 1.807) is 18.2 Å². The molecule has 0 aliphatic heterocycles. The summed E-state index contributed by atoms with van der Waals surface area (Å²) in [5, 5.41) is 0. The Morgan fingerprint density at radius 1 is 0.750 bits per heavy atom. The fourth-order valence-corrected chi connectivity index (χ4v) is 4.99. The molecule has 0 heterocycles. The number of benzene rings is 1. The third-order valence-electron chi connectivity index (χ3n) is 5.58. The molecule has 0 atom stereocenters. The fraction of sp³-hybridized carbons (Fsp3) is 0.704. The van der Waals surface area contributed by atoms with E-state index in [4.69, 9.17) is 0 Å². The first-order valence-electron chi connectivity index (χ1n) is 13.1. The van der Waals surface area contributed by atoms with E-state index in [1.165, 1.54) is 153 Å². The predicted molar refractivity (Wildman–Crippen MR) is 140 cm³/mol. The van der Waals surface area contributed by atoms with Crippen LogP contribution in [0.4, 0.5) is 0 Å². The van der Waals surface area contributed by atoms with Crippen molar-refractivity contribution in [2.24, 2.45) is 0 Å². The van der Waals surface area contributed by atoms with Crippen LogP contribution in [-0.2, 0) is 14.3 Å². The molecule has 0 N–H and O–H groups in total. The molecule has 0 unspecified atom stereocenters. The molecule has 1 aromatic carbocycles. The van der Waals surface area contributed by atoms with Gasteiger partial charge in [-0.15, -0.1) is 6.58 Å². The average Bonchev–Trinajstić information content (AvgIpc) is 2.81. The van der Waals surface area contributed by atoms with Crippen LogP contribution in [-0.4, -0.2) is 43.0 Å². The van der Waals surface area contributed by atoms with Crippen LogP contribution >= 0.6 is 0 Å². The van der Waals surface area contributed by atoms with Crippen LogP contribution in [0.25, 0.3) is 0 Å². The van der Waals surface area contributed by atoms with Crippen LogP contribution in [0.1, 0.15) is 110 Å². The van der Waals surface area contributed by atoms with Crippen LogP contribution in [0.15, 0.2) is 47.9 Å². The number of hydrogen-bond acceptors (Lipinski definition) is 3. The molecule has 0 aliphatic carbocycles. The van der Waals surface area contributed by atoms with Crippen LogP contribution < -0.4 is 0 Å². The zero-order chi connectivity index (χ0) is 23.8. The van der Waals surface area contributed by atoms with E-state index < -0.39 is 10.1 Å².